The van der Waals surface area contributed by atoms with Gasteiger partial charge in [0.1, 0.15) is 6.54 Å². The van der Waals surface area contributed by atoms with Gasteiger partial charge in [-0.2, -0.15) is 0 Å². The molecule has 2 aromatic rings. The van der Waals surface area contributed by atoms with Crippen molar-refractivity contribution in [2.24, 2.45) is 0 Å². The van der Waals surface area contributed by atoms with Gasteiger partial charge in [-0.25, -0.2) is 18.2 Å². The third kappa shape index (κ3) is 3.96. The first-order chi connectivity index (χ1) is 13.2. The first-order valence-corrected chi connectivity index (χ1v) is 9.77. The summed E-state index contributed by atoms with van der Waals surface area (Å²) in [5.74, 6) is -1.17. The van der Waals surface area contributed by atoms with E-state index in [0.717, 1.165) is 16.1 Å². The van der Waals surface area contributed by atoms with Crippen LogP contribution < -0.4 is 15.5 Å². The molecule has 4 amide bonds. The normalized spacial score (nSPS) is 14.0. The van der Waals surface area contributed by atoms with Crippen molar-refractivity contribution < 1.29 is 22.8 Å². The predicted molar refractivity (Wildman–Crippen MR) is 101 cm³/mol. The maximum Gasteiger partial charge on any atom is 0.343 e. The van der Waals surface area contributed by atoms with Crippen LogP contribution in [0.2, 0.25) is 0 Å². The van der Waals surface area contributed by atoms with Crippen molar-refractivity contribution in [3.63, 3.8) is 0 Å². The maximum atomic E-state index is 12.6. The van der Waals surface area contributed by atoms with Crippen LogP contribution in [0.25, 0.3) is 0 Å². The van der Waals surface area contributed by atoms with Gasteiger partial charge in [-0.3, -0.25) is 25.1 Å². The molecular weight excluding hydrogens is 384 g/mol. The molecule has 1 saturated heterocycles. The van der Waals surface area contributed by atoms with E-state index < -0.39 is 27.9 Å². The van der Waals surface area contributed by atoms with E-state index in [-0.39, 0.29) is 17.0 Å². The van der Waals surface area contributed by atoms with E-state index in [0.29, 0.717) is 5.69 Å². The van der Waals surface area contributed by atoms with Crippen LogP contribution in [-0.2, 0) is 14.8 Å². The number of hydrogen-bond acceptors (Lipinski definition) is 5. The van der Waals surface area contributed by atoms with Gasteiger partial charge in [-0.1, -0.05) is 12.1 Å². The lowest BCUT2D eigenvalue weighted by Gasteiger charge is -2.15. The van der Waals surface area contributed by atoms with Crippen LogP contribution in [0.15, 0.2) is 47.4 Å². The maximum absolute atomic E-state index is 12.6. The molecule has 146 valence electrons. The van der Waals surface area contributed by atoms with E-state index >= 15 is 0 Å². The average molecular weight is 402 g/mol. The minimum atomic E-state index is -3.83. The number of aryl methyl sites for hydroxylation is 1. The summed E-state index contributed by atoms with van der Waals surface area (Å²) in [6, 6.07) is 9.81. The molecule has 3 rings (SSSR count). The summed E-state index contributed by atoms with van der Waals surface area (Å²) in [5, 5.41) is 2.87. The Kier molecular flexibility index (Phi) is 5.06. The average Bonchev–Trinajstić information content (AvgIpc) is 2.96. The number of rotatable bonds is 5. The van der Waals surface area contributed by atoms with Crippen LogP contribution >= 0.6 is 0 Å². The molecule has 0 saturated carbocycles. The van der Waals surface area contributed by atoms with E-state index in [2.05, 4.69) is 10.1 Å². The van der Waals surface area contributed by atoms with Crippen LogP contribution in [-0.4, -0.2) is 37.8 Å². The molecule has 1 aliphatic heterocycles. The second-order valence-electron chi connectivity index (χ2n) is 6.26. The zero-order valence-electron chi connectivity index (χ0n) is 15.1. The Morgan fingerprint density at radius 2 is 1.75 bits per heavy atom. The first-order valence-electron chi connectivity index (χ1n) is 8.29. The second-order valence-corrected chi connectivity index (χ2v) is 7.94. The van der Waals surface area contributed by atoms with Crippen molar-refractivity contribution in [1.29, 1.82) is 0 Å². The third-order valence-electron chi connectivity index (χ3n) is 4.31. The molecule has 0 atom stereocenters. The molecule has 0 aliphatic carbocycles. The molecule has 28 heavy (non-hydrogen) atoms. The predicted octanol–water partition coefficient (Wildman–Crippen LogP) is 1.30. The zero-order chi connectivity index (χ0) is 20.5. The molecule has 9 nitrogen and oxygen atoms in total. The fourth-order valence-corrected chi connectivity index (χ4v) is 3.69. The van der Waals surface area contributed by atoms with Crippen LogP contribution in [0.5, 0.6) is 0 Å². The number of benzene rings is 2. The Morgan fingerprint density at radius 1 is 1.07 bits per heavy atom. The number of amides is 4. The quantitative estimate of drug-likeness (QED) is 0.650. The SMILES string of the molecule is Cc1cccc(NS(=O)(=O)c2ccc(C(=O)NN3CC(=O)NC3=O)cc2)c1C. The summed E-state index contributed by atoms with van der Waals surface area (Å²) < 4.78 is 27.7. The lowest BCUT2D eigenvalue weighted by atomic mass is 10.1. The highest BCUT2D eigenvalue weighted by molar-refractivity contribution is 7.92. The summed E-state index contributed by atoms with van der Waals surface area (Å²) in [7, 11) is -3.83. The highest BCUT2D eigenvalue weighted by atomic mass is 32.2. The van der Waals surface area contributed by atoms with Crippen LogP contribution in [0.1, 0.15) is 21.5 Å². The Bertz CT molecular complexity index is 1060. The monoisotopic (exact) mass is 402 g/mol. The topological polar surface area (TPSA) is 125 Å². The van der Waals surface area contributed by atoms with Gasteiger partial charge in [-0.15, -0.1) is 0 Å². The standard InChI is InChI=1S/C18H18N4O5S/c1-11-4-3-5-15(12(11)2)21-28(26,27)14-8-6-13(7-9-14)17(24)20-22-10-16(23)19-18(22)25/h3-9,21H,10H2,1-2H3,(H,20,24)(H,19,23,25). The highest BCUT2D eigenvalue weighted by Crippen LogP contribution is 2.22. The van der Waals surface area contributed by atoms with E-state index in [9.17, 15) is 22.8 Å². The number of urea groups is 1. The van der Waals surface area contributed by atoms with Gasteiger partial charge in [0.25, 0.3) is 15.9 Å². The highest BCUT2D eigenvalue weighted by Gasteiger charge is 2.28. The minimum Gasteiger partial charge on any atom is -0.279 e. The Morgan fingerprint density at radius 3 is 2.36 bits per heavy atom. The fraction of sp³-hybridized carbons (Fsp3) is 0.167. The Labute approximate surface area is 161 Å². The number of nitrogens with one attached hydrogen (secondary N) is 3. The molecule has 1 aliphatic rings. The number of anilines is 1. The molecule has 0 aromatic heterocycles. The van der Waals surface area contributed by atoms with Crippen LogP contribution in [0, 0.1) is 13.8 Å². The molecule has 0 bridgehead atoms. The molecule has 3 N–H and O–H groups in total. The van der Waals surface area contributed by atoms with E-state index in [1.807, 2.05) is 25.2 Å². The van der Waals surface area contributed by atoms with Crippen molar-refractivity contribution in [2.45, 2.75) is 18.7 Å². The lowest BCUT2D eigenvalue weighted by molar-refractivity contribution is -0.118. The molecular formula is C18H18N4O5S. The van der Waals surface area contributed by atoms with Crippen molar-refractivity contribution in [3.05, 3.63) is 59.2 Å². The number of hydrazine groups is 1. The van der Waals surface area contributed by atoms with Gasteiger partial charge < -0.3 is 0 Å². The van der Waals surface area contributed by atoms with Gasteiger partial charge in [-0.05, 0) is 55.3 Å². The first kappa shape index (κ1) is 19.4. The molecule has 0 radical (unpaired) electrons. The number of hydrogen-bond donors (Lipinski definition) is 3. The number of sulfonamides is 1. The van der Waals surface area contributed by atoms with Gasteiger partial charge in [0.05, 0.1) is 10.6 Å². The van der Waals surface area contributed by atoms with Crippen molar-refractivity contribution in [1.82, 2.24) is 15.8 Å². The Hall–Kier alpha value is -3.40. The van der Waals surface area contributed by atoms with E-state index in [1.54, 1.807) is 12.1 Å². The smallest absolute Gasteiger partial charge is 0.279 e. The second kappa shape index (κ2) is 7.31. The van der Waals surface area contributed by atoms with Crippen molar-refractivity contribution in [2.75, 3.05) is 11.3 Å². The fourth-order valence-electron chi connectivity index (χ4n) is 2.57. The lowest BCUT2D eigenvalue weighted by Crippen LogP contribution is -2.44. The minimum absolute atomic E-state index is 0.0148. The van der Waals surface area contributed by atoms with Gasteiger partial charge in [0, 0.05) is 5.56 Å². The van der Waals surface area contributed by atoms with Gasteiger partial charge in [0.2, 0.25) is 5.91 Å². The van der Waals surface area contributed by atoms with Gasteiger partial charge in [0.15, 0.2) is 0 Å². The molecule has 0 unspecified atom stereocenters. The van der Waals surface area contributed by atoms with Crippen LogP contribution in [0.4, 0.5) is 10.5 Å². The summed E-state index contributed by atoms with van der Waals surface area (Å²) in [4.78, 5) is 34.8. The number of carbonyl (C=O) groups excluding carboxylic acids is 3. The largest absolute Gasteiger partial charge is 0.343 e. The van der Waals surface area contributed by atoms with Crippen LogP contribution in [0.3, 0.4) is 0 Å². The summed E-state index contributed by atoms with van der Waals surface area (Å²) in [5.41, 5.74) is 4.67. The van der Waals surface area contributed by atoms with E-state index in [4.69, 9.17) is 0 Å². The molecule has 2 aromatic carbocycles. The Balaban J connectivity index is 1.74. The van der Waals surface area contributed by atoms with E-state index in [1.165, 1.54) is 24.3 Å². The molecule has 1 fully saturated rings. The molecule has 10 heteroatoms. The molecule has 0 spiro atoms. The van der Waals surface area contributed by atoms with Gasteiger partial charge >= 0.3 is 6.03 Å². The number of imide groups is 1. The molecule has 1 heterocycles. The zero-order valence-corrected chi connectivity index (χ0v) is 16.0. The number of nitrogens with zero attached hydrogens (tertiary/aromatic N) is 1. The third-order valence-corrected chi connectivity index (χ3v) is 5.69. The number of carbonyl (C=O) groups is 3. The van der Waals surface area contributed by atoms with Crippen molar-refractivity contribution in [3.8, 4) is 0 Å². The summed E-state index contributed by atoms with van der Waals surface area (Å²) >= 11 is 0. The summed E-state index contributed by atoms with van der Waals surface area (Å²) in [6.07, 6.45) is 0. The summed E-state index contributed by atoms with van der Waals surface area (Å²) in [6.45, 7) is 3.42. The van der Waals surface area contributed by atoms with Crippen molar-refractivity contribution >= 4 is 33.6 Å².